The second-order valence-corrected chi connectivity index (χ2v) is 12.8. The fourth-order valence-corrected chi connectivity index (χ4v) is 7.10. The van der Waals surface area contributed by atoms with Crippen molar-refractivity contribution in [2.45, 2.75) is 32.9 Å². The highest BCUT2D eigenvalue weighted by atomic mass is 32.1. The second kappa shape index (κ2) is 16.1. The van der Waals surface area contributed by atoms with Crippen LogP contribution in [0.5, 0.6) is 23.0 Å². The van der Waals surface area contributed by atoms with Crippen molar-refractivity contribution in [2.75, 3.05) is 41.2 Å². The molecule has 6 rings (SSSR count). The zero-order chi connectivity index (χ0) is 35.9. The number of hydrogen-bond donors (Lipinski definition) is 0. The molecule has 0 fully saturated rings. The molecule has 0 bridgehead atoms. The zero-order valence-corrected chi connectivity index (χ0v) is 30.1. The normalized spacial score (nSPS) is 14.2. The van der Waals surface area contributed by atoms with Gasteiger partial charge in [0, 0.05) is 12.7 Å². The van der Waals surface area contributed by atoms with Crippen molar-refractivity contribution in [3.63, 3.8) is 0 Å². The molecular weight excluding hydrogens is 669 g/mol. The van der Waals surface area contributed by atoms with Gasteiger partial charge in [-0.2, -0.15) is 0 Å². The van der Waals surface area contributed by atoms with Gasteiger partial charge < -0.3 is 28.4 Å². The van der Waals surface area contributed by atoms with Gasteiger partial charge in [0.2, 0.25) is 0 Å². The van der Waals surface area contributed by atoms with Gasteiger partial charge in [-0.15, -0.1) is 0 Å². The molecule has 51 heavy (non-hydrogen) atoms. The largest absolute Gasteiger partial charge is 0.493 e. The number of benzene rings is 4. The lowest BCUT2D eigenvalue weighted by Gasteiger charge is -2.27. The van der Waals surface area contributed by atoms with Crippen molar-refractivity contribution in [3.8, 4) is 23.0 Å². The Hall–Kier alpha value is -5.39. The van der Waals surface area contributed by atoms with E-state index in [1.54, 1.807) is 33.3 Å². The van der Waals surface area contributed by atoms with E-state index in [4.69, 9.17) is 33.4 Å². The van der Waals surface area contributed by atoms with Crippen molar-refractivity contribution in [2.24, 2.45) is 4.99 Å². The minimum atomic E-state index is -0.889. The summed E-state index contributed by atoms with van der Waals surface area (Å²) < 4.78 is 36.4. The Morgan fingerprint density at radius 2 is 1.67 bits per heavy atom. The number of nitrogens with zero attached hydrogens (tertiary/aromatic N) is 2. The van der Waals surface area contributed by atoms with Crippen LogP contribution in [0.25, 0.3) is 16.8 Å². The van der Waals surface area contributed by atoms with Crippen LogP contribution in [0.15, 0.2) is 99.9 Å². The molecule has 2 heterocycles. The van der Waals surface area contributed by atoms with Crippen molar-refractivity contribution in [1.82, 2.24) is 4.57 Å². The van der Waals surface area contributed by atoms with E-state index >= 15 is 0 Å². The van der Waals surface area contributed by atoms with E-state index in [0.29, 0.717) is 56.8 Å². The Morgan fingerprint density at radius 1 is 0.882 bits per heavy atom. The van der Waals surface area contributed by atoms with Gasteiger partial charge in [-0.25, -0.2) is 9.79 Å². The van der Waals surface area contributed by atoms with Crippen LogP contribution in [0, 0.1) is 0 Å². The Morgan fingerprint density at radius 3 is 2.45 bits per heavy atom. The molecular formula is C40H40N2O8S. The van der Waals surface area contributed by atoms with Crippen LogP contribution in [-0.2, 0) is 20.9 Å². The van der Waals surface area contributed by atoms with Crippen LogP contribution < -0.4 is 33.8 Å². The fraction of sp³-hybridized carbons (Fsp3) is 0.275. The molecule has 10 nitrogen and oxygen atoms in total. The van der Waals surface area contributed by atoms with E-state index in [0.717, 1.165) is 28.3 Å². The topological polar surface area (TPSA) is 107 Å². The van der Waals surface area contributed by atoms with E-state index in [1.165, 1.54) is 23.0 Å². The summed E-state index contributed by atoms with van der Waals surface area (Å²) >= 11 is 1.23. The molecule has 0 aliphatic carbocycles. The minimum Gasteiger partial charge on any atom is -0.493 e. The van der Waals surface area contributed by atoms with Crippen LogP contribution in [0.2, 0.25) is 0 Å². The number of esters is 1. The first kappa shape index (κ1) is 35.4. The highest BCUT2D eigenvalue weighted by Gasteiger charge is 2.36. The van der Waals surface area contributed by atoms with Gasteiger partial charge in [0.25, 0.3) is 5.56 Å². The number of rotatable bonds is 14. The Kier molecular flexibility index (Phi) is 11.2. The summed E-state index contributed by atoms with van der Waals surface area (Å²) in [6.45, 7) is 4.78. The number of para-hydroxylation sites is 1. The number of carbonyl (C=O) groups is 1. The first-order valence-corrected chi connectivity index (χ1v) is 17.5. The molecule has 0 spiro atoms. The number of thiazole rings is 1. The lowest BCUT2D eigenvalue weighted by molar-refractivity contribution is -0.140. The fourth-order valence-electron chi connectivity index (χ4n) is 6.06. The van der Waals surface area contributed by atoms with Gasteiger partial charge in [-0.1, -0.05) is 78.9 Å². The summed E-state index contributed by atoms with van der Waals surface area (Å²) in [5, 5.41) is 2.27. The molecule has 0 saturated heterocycles. The van der Waals surface area contributed by atoms with Gasteiger partial charge >= 0.3 is 5.97 Å². The maximum Gasteiger partial charge on any atom is 0.338 e. The molecule has 0 saturated carbocycles. The predicted octanol–water partition coefficient (Wildman–Crippen LogP) is 5.96. The Bertz CT molecular complexity index is 2270. The molecule has 0 unspecified atom stereocenters. The lowest BCUT2D eigenvalue weighted by atomic mass is 9.94. The zero-order valence-electron chi connectivity index (χ0n) is 29.3. The van der Waals surface area contributed by atoms with Crippen LogP contribution in [0.1, 0.15) is 43.0 Å². The van der Waals surface area contributed by atoms with Crippen molar-refractivity contribution < 1.29 is 33.2 Å². The summed E-state index contributed by atoms with van der Waals surface area (Å²) in [6, 6.07) is 24.4. The van der Waals surface area contributed by atoms with Crippen LogP contribution in [0.3, 0.4) is 0 Å². The Labute approximate surface area is 299 Å². The van der Waals surface area contributed by atoms with Crippen LogP contribution >= 0.6 is 11.3 Å². The van der Waals surface area contributed by atoms with Gasteiger partial charge in [-0.3, -0.25) is 9.36 Å². The predicted molar refractivity (Wildman–Crippen MR) is 197 cm³/mol. The van der Waals surface area contributed by atoms with Crippen molar-refractivity contribution in [3.05, 3.63) is 127 Å². The summed E-state index contributed by atoms with van der Waals surface area (Å²) in [4.78, 5) is 33.2. The van der Waals surface area contributed by atoms with Gasteiger partial charge in [0.05, 0.1) is 43.2 Å². The van der Waals surface area contributed by atoms with Crippen molar-refractivity contribution >= 4 is 34.2 Å². The quantitative estimate of drug-likeness (QED) is 0.103. The molecule has 1 aromatic heterocycles. The molecule has 11 heteroatoms. The van der Waals surface area contributed by atoms with E-state index in [9.17, 15) is 9.59 Å². The third-order valence-electron chi connectivity index (χ3n) is 8.49. The number of hydrogen-bond acceptors (Lipinski definition) is 10. The second-order valence-electron chi connectivity index (χ2n) is 11.8. The smallest absolute Gasteiger partial charge is 0.338 e. The first-order chi connectivity index (χ1) is 24.9. The SMILES string of the molecule is CCCOc1c(OC)cccc1[C@H]1C(C(=O)OCCOC)=C(C)N=c2s/c(=C/c3ccc(OCc4cccc5ccccc45)c(OC)c3)c(=O)n21. The van der Waals surface area contributed by atoms with E-state index < -0.39 is 12.0 Å². The number of ether oxygens (including phenoxy) is 6. The van der Waals surface area contributed by atoms with Gasteiger partial charge in [0.15, 0.2) is 27.8 Å². The van der Waals surface area contributed by atoms with E-state index in [-0.39, 0.29) is 24.3 Å². The third-order valence-corrected chi connectivity index (χ3v) is 9.47. The highest BCUT2D eigenvalue weighted by molar-refractivity contribution is 7.07. The lowest BCUT2D eigenvalue weighted by Crippen LogP contribution is -2.40. The molecule has 4 aromatic carbocycles. The standard InChI is InChI=1S/C40H40N2O8S/c1-6-19-48-37-30(15-10-16-32(37)46-4)36-35(39(44)49-21-20-45-3)25(2)41-40-42(36)38(43)34(51-40)23-26-17-18-31(33(22-26)47-5)50-24-28-13-9-12-27-11-7-8-14-29(27)28/h7-18,22-23,36H,6,19-21,24H2,1-5H3/b34-23+/t36-/m0/s1. The Balaban J connectivity index is 1.40. The average Bonchev–Trinajstić information content (AvgIpc) is 3.45. The molecule has 1 aliphatic rings. The summed E-state index contributed by atoms with van der Waals surface area (Å²) in [5.41, 5.74) is 2.72. The number of methoxy groups -OCH3 is 3. The summed E-state index contributed by atoms with van der Waals surface area (Å²) in [7, 11) is 4.67. The summed E-state index contributed by atoms with van der Waals surface area (Å²) in [5.74, 6) is 1.44. The number of carbonyl (C=O) groups excluding carboxylic acids is 1. The number of allylic oxidation sites excluding steroid dienone is 1. The molecule has 5 aromatic rings. The molecule has 0 N–H and O–H groups in total. The maximum atomic E-state index is 14.4. The molecule has 0 amide bonds. The number of aromatic nitrogens is 1. The van der Waals surface area contributed by atoms with Gasteiger partial charge in [0.1, 0.15) is 19.3 Å². The van der Waals surface area contributed by atoms with Gasteiger partial charge in [-0.05, 0) is 59.5 Å². The molecule has 1 atom stereocenters. The maximum absolute atomic E-state index is 14.4. The molecule has 0 radical (unpaired) electrons. The third kappa shape index (κ3) is 7.40. The van der Waals surface area contributed by atoms with E-state index in [1.807, 2.05) is 61.5 Å². The average molecular weight is 709 g/mol. The first-order valence-electron chi connectivity index (χ1n) is 16.6. The monoisotopic (exact) mass is 708 g/mol. The van der Waals surface area contributed by atoms with Crippen LogP contribution in [0.4, 0.5) is 0 Å². The summed E-state index contributed by atoms with van der Waals surface area (Å²) in [6.07, 6.45) is 2.53. The number of fused-ring (bicyclic) bond motifs is 2. The minimum absolute atomic E-state index is 0.0457. The van der Waals surface area contributed by atoms with Crippen molar-refractivity contribution in [1.29, 1.82) is 0 Å². The van der Waals surface area contributed by atoms with E-state index in [2.05, 4.69) is 18.2 Å². The molecule has 264 valence electrons. The molecule has 1 aliphatic heterocycles. The van der Waals surface area contributed by atoms with Crippen LogP contribution in [-0.4, -0.2) is 51.7 Å². The highest BCUT2D eigenvalue weighted by Crippen LogP contribution is 2.41.